The van der Waals surface area contributed by atoms with Crippen LogP contribution in [0, 0.1) is 11.3 Å². The summed E-state index contributed by atoms with van der Waals surface area (Å²) in [6, 6.07) is 10.0. The van der Waals surface area contributed by atoms with E-state index in [1.165, 1.54) is 0 Å². The number of aromatic nitrogens is 2. The molecular weight excluding hydrogens is 376 g/mol. The average molecular weight is 402 g/mol. The zero-order valence-corrected chi connectivity index (χ0v) is 17.1. The van der Waals surface area contributed by atoms with Gasteiger partial charge in [-0.2, -0.15) is 0 Å². The molecule has 6 nitrogen and oxygen atoms in total. The van der Waals surface area contributed by atoms with Gasteiger partial charge in [0.15, 0.2) is 0 Å². The fourth-order valence-electron chi connectivity index (χ4n) is 4.02. The maximum absolute atomic E-state index is 12.6. The van der Waals surface area contributed by atoms with Gasteiger partial charge in [-0.05, 0) is 25.3 Å². The van der Waals surface area contributed by atoms with Gasteiger partial charge in [0.05, 0.1) is 11.6 Å². The van der Waals surface area contributed by atoms with Crippen LogP contribution in [-0.2, 0) is 9.59 Å². The summed E-state index contributed by atoms with van der Waals surface area (Å²) in [6.45, 7) is 2.10. The minimum Gasteiger partial charge on any atom is -0.321 e. The number of Topliss-reactive ketones (excluding diaryl/α,β-unsaturated/α-hetero) is 1. The number of hydrogen-bond donors (Lipinski definition) is 2. The van der Waals surface area contributed by atoms with Crippen molar-refractivity contribution in [2.45, 2.75) is 44.9 Å². The van der Waals surface area contributed by atoms with Gasteiger partial charge in [0.25, 0.3) is 5.91 Å². The summed E-state index contributed by atoms with van der Waals surface area (Å²) in [5.74, 6) is 0.0827. The molecule has 0 spiro atoms. The molecule has 2 aliphatic rings. The predicted molar refractivity (Wildman–Crippen MR) is 117 cm³/mol. The monoisotopic (exact) mass is 402 g/mol. The molecule has 1 aromatic carbocycles. The molecule has 154 valence electrons. The minimum atomic E-state index is -0.565. The molecule has 2 N–H and O–H groups in total. The zero-order valence-electron chi connectivity index (χ0n) is 17.1. The summed E-state index contributed by atoms with van der Waals surface area (Å²) in [5, 5.41) is 11.0. The van der Waals surface area contributed by atoms with Crippen LogP contribution >= 0.6 is 0 Å². The summed E-state index contributed by atoms with van der Waals surface area (Å²) in [5.41, 5.74) is 2.48. The van der Waals surface area contributed by atoms with Gasteiger partial charge < -0.3 is 9.88 Å². The van der Waals surface area contributed by atoms with Crippen LogP contribution in [0.5, 0.6) is 0 Å². The van der Waals surface area contributed by atoms with Gasteiger partial charge in [-0.3, -0.25) is 15.0 Å². The molecule has 30 heavy (non-hydrogen) atoms. The fraction of sp³-hybridized carbons (Fsp3) is 0.333. The molecule has 1 aromatic heterocycles. The highest BCUT2D eigenvalue weighted by atomic mass is 16.2. The van der Waals surface area contributed by atoms with Crippen LogP contribution in [0.15, 0.2) is 54.4 Å². The van der Waals surface area contributed by atoms with Crippen molar-refractivity contribution in [1.82, 2.24) is 14.9 Å². The molecule has 1 amide bonds. The summed E-state index contributed by atoms with van der Waals surface area (Å²) >= 11 is 0. The number of hydrogen-bond acceptors (Lipinski definition) is 4. The van der Waals surface area contributed by atoms with E-state index in [0.29, 0.717) is 25.0 Å². The first kappa shape index (κ1) is 20.0. The van der Waals surface area contributed by atoms with Gasteiger partial charge in [-0.1, -0.05) is 49.8 Å². The van der Waals surface area contributed by atoms with Crippen LogP contribution in [0.25, 0.3) is 17.5 Å². The van der Waals surface area contributed by atoms with Gasteiger partial charge in [-0.25, -0.2) is 4.98 Å². The Kier molecular flexibility index (Phi) is 5.74. The minimum absolute atomic E-state index is 0.00806. The Bertz CT molecular complexity index is 1030. The van der Waals surface area contributed by atoms with E-state index in [4.69, 9.17) is 10.4 Å². The fourth-order valence-corrected chi connectivity index (χ4v) is 4.02. The van der Waals surface area contributed by atoms with Crippen molar-refractivity contribution < 1.29 is 9.59 Å². The largest absolute Gasteiger partial charge is 0.321 e. The van der Waals surface area contributed by atoms with Gasteiger partial charge in [0.1, 0.15) is 17.3 Å². The maximum atomic E-state index is 12.6. The lowest BCUT2D eigenvalue weighted by Crippen LogP contribution is -2.38. The smallest absolute Gasteiger partial charge is 0.270 e. The molecule has 1 aliphatic carbocycles. The van der Waals surface area contributed by atoms with Crippen LogP contribution in [0.1, 0.15) is 50.8 Å². The SMILES string of the molecule is CC1CC=C(NC(=O)C(=N)C2CCCCC2=O)/C=C\n2cc(-c3ccccc3)nc21. The van der Waals surface area contributed by atoms with E-state index in [1.54, 1.807) is 0 Å². The maximum Gasteiger partial charge on any atom is 0.270 e. The van der Waals surface area contributed by atoms with Crippen molar-refractivity contribution in [3.63, 3.8) is 0 Å². The number of carbonyl (C=O) groups excluding carboxylic acids is 2. The molecule has 6 heteroatoms. The van der Waals surface area contributed by atoms with Crippen molar-refractivity contribution in [3.8, 4) is 11.3 Å². The third-order valence-corrected chi connectivity index (χ3v) is 5.78. The third kappa shape index (κ3) is 4.17. The van der Waals surface area contributed by atoms with Crippen molar-refractivity contribution in [2.24, 2.45) is 5.92 Å². The van der Waals surface area contributed by atoms with Crippen molar-refractivity contribution >= 4 is 23.6 Å². The second-order valence-electron chi connectivity index (χ2n) is 8.00. The van der Waals surface area contributed by atoms with E-state index in [1.807, 2.05) is 59.4 Å². The lowest BCUT2D eigenvalue weighted by molar-refractivity contribution is -0.123. The van der Waals surface area contributed by atoms with Crippen LogP contribution in [0.2, 0.25) is 0 Å². The van der Waals surface area contributed by atoms with E-state index in [0.717, 1.165) is 29.9 Å². The molecule has 2 heterocycles. The molecule has 0 saturated heterocycles. The first-order valence-electron chi connectivity index (χ1n) is 10.5. The molecule has 1 aliphatic heterocycles. The number of allylic oxidation sites excluding steroid dienone is 2. The van der Waals surface area contributed by atoms with E-state index in [2.05, 4.69) is 12.2 Å². The molecule has 2 atom stereocenters. The predicted octanol–water partition coefficient (Wildman–Crippen LogP) is 4.31. The van der Waals surface area contributed by atoms with E-state index >= 15 is 0 Å². The third-order valence-electron chi connectivity index (χ3n) is 5.78. The van der Waals surface area contributed by atoms with E-state index in [-0.39, 0.29) is 17.4 Å². The Labute approximate surface area is 176 Å². The summed E-state index contributed by atoms with van der Waals surface area (Å²) in [4.78, 5) is 29.5. The summed E-state index contributed by atoms with van der Waals surface area (Å²) in [6.07, 6.45) is 11.2. The normalized spacial score (nSPS) is 22.3. The number of ketones is 1. The Hall–Kier alpha value is -3.28. The Morgan fingerprint density at radius 3 is 2.80 bits per heavy atom. The highest BCUT2D eigenvalue weighted by molar-refractivity contribution is 6.42. The number of fused-ring (bicyclic) bond motifs is 1. The average Bonchev–Trinajstić information content (AvgIpc) is 3.18. The van der Waals surface area contributed by atoms with Gasteiger partial charge in [-0.15, -0.1) is 0 Å². The van der Waals surface area contributed by atoms with Crippen molar-refractivity contribution in [1.29, 1.82) is 5.41 Å². The van der Waals surface area contributed by atoms with Crippen LogP contribution < -0.4 is 5.32 Å². The Morgan fingerprint density at radius 1 is 1.23 bits per heavy atom. The van der Waals surface area contributed by atoms with E-state index in [9.17, 15) is 9.59 Å². The molecule has 1 saturated carbocycles. The number of benzene rings is 1. The standard InChI is InChI=1S/C24H26N4O2/c1-16-11-12-18(26-24(30)22(25)19-9-5-6-10-21(19)29)13-14-28-15-20(27-23(16)28)17-7-3-2-4-8-17/h2-4,7-8,12-16,19,25H,5-6,9-11H2,1H3,(H,26,30)/b14-13-,18-12?,25-22?. The first-order chi connectivity index (χ1) is 14.5. The van der Waals surface area contributed by atoms with Gasteiger partial charge >= 0.3 is 0 Å². The van der Waals surface area contributed by atoms with Gasteiger partial charge in [0.2, 0.25) is 0 Å². The molecule has 4 rings (SSSR count). The lowest BCUT2D eigenvalue weighted by Gasteiger charge is -2.21. The van der Waals surface area contributed by atoms with E-state index < -0.39 is 11.8 Å². The number of rotatable bonds is 4. The number of nitrogens with zero attached hydrogens (tertiary/aromatic N) is 2. The van der Waals surface area contributed by atoms with Crippen LogP contribution in [0.3, 0.4) is 0 Å². The first-order valence-corrected chi connectivity index (χ1v) is 10.5. The number of nitrogens with one attached hydrogen (secondary N) is 2. The molecule has 1 fully saturated rings. The second-order valence-corrected chi connectivity index (χ2v) is 8.00. The molecule has 0 bridgehead atoms. The highest BCUT2D eigenvalue weighted by Gasteiger charge is 2.30. The lowest BCUT2D eigenvalue weighted by atomic mass is 9.84. The molecule has 0 radical (unpaired) electrons. The van der Waals surface area contributed by atoms with Gasteiger partial charge in [0, 0.05) is 36.0 Å². The number of carbonyl (C=O) groups is 2. The molecule has 2 unspecified atom stereocenters. The second kappa shape index (κ2) is 8.61. The quantitative estimate of drug-likeness (QED) is 0.747. The van der Waals surface area contributed by atoms with Crippen molar-refractivity contribution in [3.05, 3.63) is 60.2 Å². The highest BCUT2D eigenvalue weighted by Crippen LogP contribution is 2.27. The Morgan fingerprint density at radius 2 is 2.03 bits per heavy atom. The summed E-state index contributed by atoms with van der Waals surface area (Å²) in [7, 11) is 0. The van der Waals surface area contributed by atoms with Crippen LogP contribution in [-0.4, -0.2) is 27.0 Å². The van der Waals surface area contributed by atoms with Crippen molar-refractivity contribution in [2.75, 3.05) is 0 Å². The molecule has 2 aromatic rings. The summed E-state index contributed by atoms with van der Waals surface area (Å²) < 4.78 is 1.99. The zero-order chi connectivity index (χ0) is 21.1. The molecular formula is C24H26N4O2. The number of amides is 1. The number of imidazole rings is 1. The topological polar surface area (TPSA) is 87.8 Å². The van der Waals surface area contributed by atoms with Crippen LogP contribution in [0.4, 0.5) is 0 Å². The Balaban J connectivity index is 1.51.